The lowest BCUT2D eigenvalue weighted by molar-refractivity contribution is -0.140. The van der Waals surface area contributed by atoms with Crippen molar-refractivity contribution < 1.29 is 18.0 Å². The minimum Gasteiger partial charge on any atom is -0.350 e. The summed E-state index contributed by atoms with van der Waals surface area (Å²) in [7, 11) is -4.15. The van der Waals surface area contributed by atoms with Crippen molar-refractivity contribution in [1.82, 2.24) is 10.2 Å². The molecule has 1 atom stereocenters. The summed E-state index contributed by atoms with van der Waals surface area (Å²) in [5.41, 5.74) is 4.30. The number of carbonyl (C=O) groups is 2. The number of carbonyl (C=O) groups excluding carboxylic acids is 2. The molecule has 0 heterocycles. The molecule has 4 aromatic rings. The zero-order chi connectivity index (χ0) is 32.8. The van der Waals surface area contributed by atoms with E-state index in [2.05, 4.69) is 5.32 Å². The van der Waals surface area contributed by atoms with Crippen LogP contribution in [0.3, 0.4) is 0 Å². The molecule has 1 unspecified atom stereocenters. The average Bonchev–Trinajstić information content (AvgIpc) is 2.98. The van der Waals surface area contributed by atoms with Gasteiger partial charge in [0, 0.05) is 18.5 Å². The molecule has 1 N–H and O–H groups in total. The number of sulfonamides is 1. The van der Waals surface area contributed by atoms with E-state index in [1.165, 1.54) is 21.3 Å². The number of nitrogens with zero attached hydrogens (tertiary/aromatic N) is 2. The number of nitrogens with one attached hydrogen (secondary N) is 1. The molecule has 45 heavy (non-hydrogen) atoms. The van der Waals surface area contributed by atoms with Gasteiger partial charge in [0.05, 0.1) is 10.6 Å². The molecule has 0 spiro atoms. The second-order valence-corrected chi connectivity index (χ2v) is 14.4. The predicted octanol–water partition coefficient (Wildman–Crippen LogP) is 6.36. The van der Waals surface area contributed by atoms with E-state index in [9.17, 15) is 18.0 Å². The Labute approximate surface area is 268 Å². The van der Waals surface area contributed by atoms with Gasteiger partial charge in [-0.3, -0.25) is 13.9 Å². The van der Waals surface area contributed by atoms with E-state index >= 15 is 0 Å². The van der Waals surface area contributed by atoms with Gasteiger partial charge in [-0.2, -0.15) is 0 Å². The second-order valence-electron chi connectivity index (χ2n) is 12.6. The Morgan fingerprint density at radius 3 is 1.96 bits per heavy atom. The molecular formula is C37H43N3O4S. The molecule has 0 radical (unpaired) electrons. The number of hydrogen-bond acceptors (Lipinski definition) is 4. The Morgan fingerprint density at radius 2 is 1.36 bits per heavy atom. The summed E-state index contributed by atoms with van der Waals surface area (Å²) in [5, 5.41) is 3.06. The highest BCUT2D eigenvalue weighted by Crippen LogP contribution is 2.28. The number of rotatable bonds is 11. The summed E-state index contributed by atoms with van der Waals surface area (Å²) in [5.74, 6) is -0.794. The Kier molecular flexibility index (Phi) is 10.5. The van der Waals surface area contributed by atoms with E-state index in [4.69, 9.17) is 0 Å². The van der Waals surface area contributed by atoms with Gasteiger partial charge in [-0.1, -0.05) is 96.1 Å². The minimum atomic E-state index is -4.15. The summed E-state index contributed by atoms with van der Waals surface area (Å²) in [6, 6.07) is 30.0. The summed E-state index contributed by atoms with van der Waals surface area (Å²) in [4.78, 5) is 30.2. The molecule has 0 saturated heterocycles. The van der Waals surface area contributed by atoms with Crippen LogP contribution in [0.5, 0.6) is 0 Å². The van der Waals surface area contributed by atoms with E-state index in [0.717, 1.165) is 27.8 Å². The Hall–Kier alpha value is -4.43. The fourth-order valence-corrected chi connectivity index (χ4v) is 6.83. The zero-order valence-corrected chi connectivity index (χ0v) is 27.8. The van der Waals surface area contributed by atoms with Crippen molar-refractivity contribution in [3.63, 3.8) is 0 Å². The van der Waals surface area contributed by atoms with Crippen LogP contribution >= 0.6 is 0 Å². The van der Waals surface area contributed by atoms with Gasteiger partial charge >= 0.3 is 0 Å². The van der Waals surface area contributed by atoms with Crippen LogP contribution < -0.4 is 9.62 Å². The van der Waals surface area contributed by atoms with Gasteiger partial charge in [0.1, 0.15) is 12.6 Å². The van der Waals surface area contributed by atoms with Crippen LogP contribution in [0.1, 0.15) is 48.6 Å². The number of aryl methyl sites for hydroxylation is 3. The second kappa shape index (κ2) is 14.1. The first-order chi connectivity index (χ1) is 21.2. The molecule has 4 rings (SSSR count). The molecule has 0 aliphatic carbocycles. The maximum atomic E-state index is 14.6. The van der Waals surface area contributed by atoms with Crippen molar-refractivity contribution in [3.8, 4) is 0 Å². The molecule has 0 saturated carbocycles. The Morgan fingerprint density at radius 1 is 0.756 bits per heavy atom. The quantitative estimate of drug-likeness (QED) is 0.210. The maximum Gasteiger partial charge on any atom is 0.264 e. The SMILES string of the molecule is Cc1cccc(CN(C(=O)CN(c2ccc(C)cc2C)S(=O)(=O)c2ccccc2)C(Cc2ccccc2)C(=O)NC(C)(C)C)c1. The summed E-state index contributed by atoms with van der Waals surface area (Å²) < 4.78 is 29.5. The molecule has 0 aliphatic rings. The van der Waals surface area contributed by atoms with Crippen LogP contribution in [-0.2, 0) is 32.6 Å². The largest absolute Gasteiger partial charge is 0.350 e. The fraction of sp³-hybridized carbons (Fsp3) is 0.297. The van der Waals surface area contributed by atoms with Gasteiger partial charge in [-0.05, 0) is 76.4 Å². The van der Waals surface area contributed by atoms with Crippen molar-refractivity contribution in [1.29, 1.82) is 0 Å². The lowest BCUT2D eigenvalue weighted by Crippen LogP contribution is -2.56. The molecule has 0 fully saturated rings. The highest BCUT2D eigenvalue weighted by molar-refractivity contribution is 7.92. The molecule has 4 aromatic carbocycles. The molecule has 2 amide bonds. The van der Waals surface area contributed by atoms with Gasteiger partial charge in [-0.15, -0.1) is 0 Å². The Balaban J connectivity index is 1.84. The highest BCUT2D eigenvalue weighted by atomic mass is 32.2. The van der Waals surface area contributed by atoms with Crippen LogP contribution in [0.2, 0.25) is 0 Å². The first kappa shape index (κ1) is 33.5. The molecule has 7 nitrogen and oxygen atoms in total. The number of hydrogen-bond donors (Lipinski definition) is 1. The lowest BCUT2D eigenvalue weighted by Gasteiger charge is -2.35. The topological polar surface area (TPSA) is 86.8 Å². The molecule has 0 bridgehead atoms. The van der Waals surface area contributed by atoms with Crippen LogP contribution in [0.25, 0.3) is 0 Å². The van der Waals surface area contributed by atoms with E-state index in [0.29, 0.717) is 5.69 Å². The summed E-state index contributed by atoms with van der Waals surface area (Å²) in [6.45, 7) is 11.1. The van der Waals surface area contributed by atoms with Gasteiger partial charge in [0.15, 0.2) is 0 Å². The minimum absolute atomic E-state index is 0.0781. The van der Waals surface area contributed by atoms with Crippen molar-refractivity contribution in [2.75, 3.05) is 10.8 Å². The van der Waals surface area contributed by atoms with Crippen molar-refractivity contribution in [2.45, 2.75) is 71.0 Å². The van der Waals surface area contributed by atoms with E-state index in [1.54, 1.807) is 24.3 Å². The molecule has 8 heteroatoms. The number of anilines is 1. The van der Waals surface area contributed by atoms with Crippen LogP contribution in [0, 0.1) is 20.8 Å². The van der Waals surface area contributed by atoms with Crippen LogP contribution in [0.15, 0.2) is 108 Å². The normalized spacial score (nSPS) is 12.3. The van der Waals surface area contributed by atoms with Gasteiger partial charge in [-0.25, -0.2) is 8.42 Å². The Bertz CT molecular complexity index is 1730. The van der Waals surface area contributed by atoms with Crippen LogP contribution in [-0.4, -0.2) is 43.3 Å². The smallest absolute Gasteiger partial charge is 0.264 e. The van der Waals surface area contributed by atoms with Crippen molar-refractivity contribution >= 4 is 27.5 Å². The average molecular weight is 626 g/mol. The zero-order valence-electron chi connectivity index (χ0n) is 26.9. The number of benzene rings is 4. The third-order valence-electron chi connectivity index (χ3n) is 7.44. The molecular weight excluding hydrogens is 582 g/mol. The monoisotopic (exact) mass is 625 g/mol. The predicted molar refractivity (Wildman–Crippen MR) is 180 cm³/mol. The van der Waals surface area contributed by atoms with Gasteiger partial charge < -0.3 is 10.2 Å². The van der Waals surface area contributed by atoms with Crippen LogP contribution in [0.4, 0.5) is 5.69 Å². The highest BCUT2D eigenvalue weighted by Gasteiger charge is 2.36. The first-order valence-corrected chi connectivity index (χ1v) is 16.5. The maximum absolute atomic E-state index is 14.6. The molecule has 0 aliphatic heterocycles. The van der Waals surface area contributed by atoms with Crippen molar-refractivity contribution in [3.05, 3.63) is 131 Å². The summed E-state index contributed by atoms with van der Waals surface area (Å²) >= 11 is 0. The summed E-state index contributed by atoms with van der Waals surface area (Å²) in [6.07, 6.45) is 0.259. The van der Waals surface area contributed by atoms with Crippen molar-refractivity contribution in [2.24, 2.45) is 0 Å². The third-order valence-corrected chi connectivity index (χ3v) is 9.21. The third kappa shape index (κ3) is 8.82. The van der Waals surface area contributed by atoms with Gasteiger partial charge in [0.2, 0.25) is 11.8 Å². The number of amides is 2. The molecule has 236 valence electrons. The first-order valence-electron chi connectivity index (χ1n) is 15.1. The van der Waals surface area contributed by atoms with E-state index in [-0.39, 0.29) is 23.8 Å². The fourth-order valence-electron chi connectivity index (χ4n) is 5.33. The van der Waals surface area contributed by atoms with E-state index in [1.807, 2.05) is 108 Å². The molecule has 0 aromatic heterocycles. The van der Waals surface area contributed by atoms with E-state index < -0.39 is 34.1 Å². The standard InChI is InChI=1S/C37H43N3O4S/c1-27-14-13-17-31(23-27)25-39(34(36(42)38-37(4,5)6)24-30-15-9-7-10-16-30)35(41)26-40(33-21-20-28(2)22-29(33)3)45(43,44)32-18-11-8-12-19-32/h7-23,34H,24-26H2,1-6H3,(H,38,42). The van der Waals surface area contributed by atoms with Gasteiger partial charge in [0.25, 0.3) is 10.0 Å². The lowest BCUT2D eigenvalue weighted by atomic mass is 10.0.